The molecule has 1 aromatic carbocycles. The fourth-order valence-electron chi connectivity index (χ4n) is 2.71. The molecule has 1 aromatic rings. The van der Waals surface area contributed by atoms with E-state index >= 15 is 0 Å². The van der Waals surface area contributed by atoms with Crippen molar-refractivity contribution < 1.29 is 5.11 Å². The van der Waals surface area contributed by atoms with Gasteiger partial charge in [0, 0.05) is 23.6 Å². The SMILES string of the molecule is CC(O)C1CCN(C(CN)c2ccccc2Br)C1. The number of likely N-dealkylation sites (tertiary alicyclic amines) is 1. The van der Waals surface area contributed by atoms with Crippen LogP contribution >= 0.6 is 15.9 Å². The molecule has 0 aromatic heterocycles. The van der Waals surface area contributed by atoms with Crippen LogP contribution in [0.15, 0.2) is 28.7 Å². The molecular formula is C14H21BrN2O. The van der Waals surface area contributed by atoms with Crippen molar-refractivity contribution in [1.29, 1.82) is 0 Å². The van der Waals surface area contributed by atoms with E-state index in [0.29, 0.717) is 12.5 Å². The van der Waals surface area contributed by atoms with Crippen molar-refractivity contribution in [1.82, 2.24) is 4.90 Å². The van der Waals surface area contributed by atoms with E-state index in [0.717, 1.165) is 24.0 Å². The van der Waals surface area contributed by atoms with Crippen LogP contribution in [0, 0.1) is 5.92 Å². The monoisotopic (exact) mass is 312 g/mol. The Morgan fingerprint density at radius 3 is 2.78 bits per heavy atom. The Bertz CT molecular complexity index is 397. The Morgan fingerprint density at radius 1 is 1.50 bits per heavy atom. The summed E-state index contributed by atoms with van der Waals surface area (Å²) in [4.78, 5) is 2.39. The first-order chi connectivity index (χ1) is 8.63. The van der Waals surface area contributed by atoms with Crippen LogP contribution in [0.3, 0.4) is 0 Å². The summed E-state index contributed by atoms with van der Waals surface area (Å²) in [6.45, 7) is 4.43. The molecule has 2 rings (SSSR count). The molecule has 3 N–H and O–H groups in total. The third-order valence-corrected chi connectivity index (χ3v) is 4.59. The quantitative estimate of drug-likeness (QED) is 0.895. The molecule has 1 aliphatic heterocycles. The fourth-order valence-corrected chi connectivity index (χ4v) is 3.26. The van der Waals surface area contributed by atoms with Crippen molar-refractivity contribution in [2.45, 2.75) is 25.5 Å². The minimum Gasteiger partial charge on any atom is -0.393 e. The molecule has 3 nitrogen and oxygen atoms in total. The van der Waals surface area contributed by atoms with Gasteiger partial charge in [-0.25, -0.2) is 0 Å². The maximum Gasteiger partial charge on any atom is 0.0552 e. The van der Waals surface area contributed by atoms with Crippen LogP contribution in [-0.4, -0.2) is 35.7 Å². The molecule has 0 saturated carbocycles. The molecule has 0 bridgehead atoms. The zero-order valence-corrected chi connectivity index (χ0v) is 12.3. The van der Waals surface area contributed by atoms with Crippen molar-refractivity contribution in [2.75, 3.05) is 19.6 Å². The van der Waals surface area contributed by atoms with Crippen LogP contribution in [-0.2, 0) is 0 Å². The Balaban J connectivity index is 2.13. The molecule has 1 fully saturated rings. The minimum atomic E-state index is -0.229. The van der Waals surface area contributed by atoms with E-state index in [1.54, 1.807) is 0 Å². The maximum atomic E-state index is 9.68. The predicted molar refractivity (Wildman–Crippen MR) is 77.3 cm³/mol. The number of nitrogens with two attached hydrogens (primary N) is 1. The molecule has 1 aliphatic rings. The third-order valence-electron chi connectivity index (χ3n) is 3.87. The molecule has 18 heavy (non-hydrogen) atoms. The lowest BCUT2D eigenvalue weighted by Crippen LogP contribution is -2.33. The largest absolute Gasteiger partial charge is 0.393 e. The van der Waals surface area contributed by atoms with Gasteiger partial charge in [0.15, 0.2) is 0 Å². The zero-order valence-electron chi connectivity index (χ0n) is 10.7. The van der Waals surface area contributed by atoms with Gasteiger partial charge >= 0.3 is 0 Å². The van der Waals surface area contributed by atoms with Gasteiger partial charge in [-0.2, -0.15) is 0 Å². The summed E-state index contributed by atoms with van der Waals surface area (Å²) in [6, 6.07) is 8.48. The highest BCUT2D eigenvalue weighted by Crippen LogP contribution is 2.32. The van der Waals surface area contributed by atoms with E-state index < -0.39 is 0 Å². The number of hydrogen-bond acceptors (Lipinski definition) is 3. The van der Waals surface area contributed by atoms with Crippen LogP contribution < -0.4 is 5.73 Å². The maximum absolute atomic E-state index is 9.68. The van der Waals surface area contributed by atoms with Crippen LogP contribution in [0.4, 0.5) is 0 Å². The molecule has 3 unspecified atom stereocenters. The van der Waals surface area contributed by atoms with Gasteiger partial charge in [0.2, 0.25) is 0 Å². The van der Waals surface area contributed by atoms with Crippen molar-refractivity contribution >= 4 is 15.9 Å². The molecule has 1 saturated heterocycles. The summed E-state index contributed by atoms with van der Waals surface area (Å²) in [7, 11) is 0. The van der Waals surface area contributed by atoms with Gasteiger partial charge in [-0.05, 0) is 37.4 Å². The van der Waals surface area contributed by atoms with Crippen molar-refractivity contribution in [3.8, 4) is 0 Å². The smallest absolute Gasteiger partial charge is 0.0552 e. The van der Waals surface area contributed by atoms with Crippen LogP contribution in [0.2, 0.25) is 0 Å². The van der Waals surface area contributed by atoms with Crippen LogP contribution in [0.5, 0.6) is 0 Å². The average Bonchev–Trinajstić information content (AvgIpc) is 2.82. The van der Waals surface area contributed by atoms with Gasteiger partial charge in [-0.1, -0.05) is 34.1 Å². The highest BCUT2D eigenvalue weighted by atomic mass is 79.9. The first-order valence-corrected chi connectivity index (χ1v) is 7.29. The number of nitrogens with zero attached hydrogens (tertiary/aromatic N) is 1. The van der Waals surface area contributed by atoms with Gasteiger partial charge in [-0.3, -0.25) is 4.90 Å². The van der Waals surface area contributed by atoms with Crippen LogP contribution in [0.1, 0.15) is 24.9 Å². The molecule has 100 valence electrons. The van der Waals surface area contributed by atoms with Gasteiger partial charge in [-0.15, -0.1) is 0 Å². The minimum absolute atomic E-state index is 0.229. The topological polar surface area (TPSA) is 49.5 Å². The molecule has 0 radical (unpaired) electrons. The first-order valence-electron chi connectivity index (χ1n) is 6.50. The van der Waals surface area contributed by atoms with E-state index in [9.17, 15) is 5.11 Å². The van der Waals surface area contributed by atoms with Crippen molar-refractivity contribution in [3.05, 3.63) is 34.3 Å². The van der Waals surface area contributed by atoms with Gasteiger partial charge in [0.25, 0.3) is 0 Å². The van der Waals surface area contributed by atoms with E-state index in [2.05, 4.69) is 33.0 Å². The second-order valence-corrected chi connectivity index (χ2v) is 5.91. The summed E-state index contributed by atoms with van der Waals surface area (Å²) >= 11 is 3.60. The van der Waals surface area contributed by atoms with Gasteiger partial charge < -0.3 is 10.8 Å². The zero-order chi connectivity index (χ0) is 13.1. The fraction of sp³-hybridized carbons (Fsp3) is 0.571. The lowest BCUT2D eigenvalue weighted by Gasteiger charge is -2.28. The van der Waals surface area contributed by atoms with Gasteiger partial charge in [0.1, 0.15) is 0 Å². The molecular weight excluding hydrogens is 292 g/mol. The Morgan fingerprint density at radius 2 is 2.22 bits per heavy atom. The summed E-state index contributed by atoms with van der Waals surface area (Å²) in [5.74, 6) is 0.376. The lowest BCUT2D eigenvalue weighted by molar-refractivity contribution is 0.122. The Labute approximate surface area is 117 Å². The number of benzene rings is 1. The molecule has 1 heterocycles. The van der Waals surface area contributed by atoms with Gasteiger partial charge in [0.05, 0.1) is 6.10 Å². The van der Waals surface area contributed by atoms with E-state index in [1.165, 1.54) is 5.56 Å². The highest BCUT2D eigenvalue weighted by molar-refractivity contribution is 9.10. The first kappa shape index (κ1) is 14.0. The number of rotatable bonds is 4. The summed E-state index contributed by atoms with van der Waals surface area (Å²) in [6.07, 6.45) is 0.825. The van der Waals surface area contributed by atoms with E-state index in [1.807, 2.05) is 19.1 Å². The second-order valence-electron chi connectivity index (χ2n) is 5.06. The lowest BCUT2D eigenvalue weighted by atomic mass is 10.0. The molecule has 0 amide bonds. The highest BCUT2D eigenvalue weighted by Gasteiger charge is 2.31. The van der Waals surface area contributed by atoms with E-state index in [-0.39, 0.29) is 12.1 Å². The summed E-state index contributed by atoms with van der Waals surface area (Å²) in [5, 5.41) is 9.68. The number of aliphatic hydroxyl groups excluding tert-OH is 1. The summed E-state index contributed by atoms with van der Waals surface area (Å²) in [5.41, 5.74) is 7.19. The normalized spacial score (nSPS) is 24.1. The molecule has 4 heteroatoms. The number of aliphatic hydroxyl groups is 1. The van der Waals surface area contributed by atoms with Crippen molar-refractivity contribution in [2.24, 2.45) is 11.7 Å². The van der Waals surface area contributed by atoms with E-state index in [4.69, 9.17) is 5.73 Å². The predicted octanol–water partition coefficient (Wildman–Crippen LogP) is 2.15. The molecule has 3 atom stereocenters. The number of hydrogen-bond donors (Lipinski definition) is 2. The third kappa shape index (κ3) is 2.94. The Kier molecular flexibility index (Phi) is 4.78. The average molecular weight is 313 g/mol. The summed E-state index contributed by atoms with van der Waals surface area (Å²) < 4.78 is 1.11. The molecule has 0 aliphatic carbocycles. The Hall–Kier alpha value is -0.420. The number of halogens is 1. The standard InChI is InChI=1S/C14H21BrN2O/c1-10(18)11-6-7-17(9-11)14(8-16)12-4-2-3-5-13(12)15/h2-5,10-11,14,18H,6-9,16H2,1H3. The van der Waals surface area contributed by atoms with Crippen molar-refractivity contribution in [3.63, 3.8) is 0 Å². The molecule has 0 spiro atoms. The second kappa shape index (κ2) is 6.15. The van der Waals surface area contributed by atoms with Crippen LogP contribution in [0.25, 0.3) is 0 Å².